The van der Waals surface area contributed by atoms with Crippen molar-refractivity contribution in [3.63, 3.8) is 0 Å². The number of hydrogen-bond acceptors (Lipinski definition) is 5. The van der Waals surface area contributed by atoms with Crippen LogP contribution < -0.4 is 5.32 Å². The highest BCUT2D eigenvalue weighted by molar-refractivity contribution is 5.92. The first-order valence-electron chi connectivity index (χ1n) is 6.67. The minimum absolute atomic E-state index is 0.153. The van der Waals surface area contributed by atoms with Gasteiger partial charge in [0.15, 0.2) is 11.5 Å². The fraction of sp³-hybridized carbons (Fsp3) is 0.429. The fourth-order valence-electron chi connectivity index (χ4n) is 2.13. The van der Waals surface area contributed by atoms with Crippen LogP contribution in [0.2, 0.25) is 0 Å². The zero-order chi connectivity index (χ0) is 14.1. The smallest absolute Gasteiger partial charge is 0.274 e. The monoisotopic (exact) mass is 272 g/mol. The second-order valence-corrected chi connectivity index (χ2v) is 5.17. The number of hydrogen-bond donors (Lipinski definition) is 1. The normalized spacial score (nSPS) is 15.9. The summed E-state index contributed by atoms with van der Waals surface area (Å²) in [6, 6.07) is 3.31. The number of nitrogens with one attached hydrogen (secondary N) is 1. The van der Waals surface area contributed by atoms with Gasteiger partial charge in [-0.05, 0) is 38.7 Å². The number of aryl methyl sites for hydroxylation is 2. The Morgan fingerprint density at radius 3 is 2.85 bits per heavy atom. The Morgan fingerprint density at radius 1 is 1.45 bits per heavy atom. The quantitative estimate of drug-likeness (QED) is 0.920. The number of amides is 1. The predicted molar refractivity (Wildman–Crippen MR) is 70.9 cm³/mol. The number of nitrogens with zero attached hydrogens (tertiary/aromatic N) is 3. The lowest BCUT2D eigenvalue weighted by molar-refractivity contribution is 0.0920. The highest BCUT2D eigenvalue weighted by atomic mass is 16.5. The Bertz CT molecular complexity index is 634. The van der Waals surface area contributed by atoms with Gasteiger partial charge in [-0.15, -0.1) is 0 Å². The average molecular weight is 272 g/mol. The van der Waals surface area contributed by atoms with Gasteiger partial charge in [0, 0.05) is 18.0 Å². The van der Waals surface area contributed by atoms with Crippen molar-refractivity contribution in [2.45, 2.75) is 32.7 Å². The van der Waals surface area contributed by atoms with Gasteiger partial charge in [-0.2, -0.15) is 0 Å². The molecule has 2 aromatic rings. The van der Waals surface area contributed by atoms with E-state index in [9.17, 15) is 4.79 Å². The van der Waals surface area contributed by atoms with Crippen molar-refractivity contribution in [3.8, 4) is 0 Å². The molecular formula is C14H16N4O2. The molecule has 3 rings (SSSR count). The molecule has 2 heterocycles. The van der Waals surface area contributed by atoms with E-state index in [1.165, 1.54) is 0 Å². The van der Waals surface area contributed by atoms with Crippen molar-refractivity contribution in [3.05, 3.63) is 41.3 Å². The SMILES string of the molecule is Cc1ccnc([C@@H](NC(=O)c2cc(C)on2)C2CC2)n1. The lowest BCUT2D eigenvalue weighted by Gasteiger charge is -2.16. The summed E-state index contributed by atoms with van der Waals surface area (Å²) in [6.45, 7) is 3.67. The molecule has 20 heavy (non-hydrogen) atoms. The van der Waals surface area contributed by atoms with E-state index >= 15 is 0 Å². The molecule has 2 aromatic heterocycles. The van der Waals surface area contributed by atoms with Gasteiger partial charge in [0.1, 0.15) is 5.76 Å². The summed E-state index contributed by atoms with van der Waals surface area (Å²) in [6.07, 6.45) is 3.89. The number of aromatic nitrogens is 3. The molecule has 0 radical (unpaired) electrons. The van der Waals surface area contributed by atoms with Crippen LogP contribution in [0.3, 0.4) is 0 Å². The van der Waals surface area contributed by atoms with E-state index in [1.807, 2.05) is 13.0 Å². The largest absolute Gasteiger partial charge is 0.361 e. The molecule has 0 spiro atoms. The minimum atomic E-state index is -0.246. The van der Waals surface area contributed by atoms with Crippen LogP contribution in [0.15, 0.2) is 22.9 Å². The summed E-state index contributed by atoms with van der Waals surface area (Å²) in [5, 5.41) is 6.70. The topological polar surface area (TPSA) is 80.9 Å². The molecular weight excluding hydrogens is 256 g/mol. The summed E-state index contributed by atoms with van der Waals surface area (Å²) >= 11 is 0. The zero-order valence-corrected chi connectivity index (χ0v) is 11.5. The first-order valence-corrected chi connectivity index (χ1v) is 6.67. The van der Waals surface area contributed by atoms with Crippen molar-refractivity contribution in [2.75, 3.05) is 0 Å². The summed E-state index contributed by atoms with van der Waals surface area (Å²) in [5.41, 5.74) is 1.19. The Kier molecular flexibility index (Phi) is 3.22. The van der Waals surface area contributed by atoms with Crippen LogP contribution in [0, 0.1) is 19.8 Å². The molecule has 1 amide bonds. The Morgan fingerprint density at radius 2 is 2.25 bits per heavy atom. The van der Waals surface area contributed by atoms with Crippen molar-refractivity contribution in [1.82, 2.24) is 20.4 Å². The molecule has 6 nitrogen and oxygen atoms in total. The fourth-order valence-corrected chi connectivity index (χ4v) is 2.13. The lowest BCUT2D eigenvalue weighted by atomic mass is 10.1. The van der Waals surface area contributed by atoms with E-state index < -0.39 is 0 Å². The third kappa shape index (κ3) is 2.68. The molecule has 1 saturated carbocycles. The highest BCUT2D eigenvalue weighted by Gasteiger charge is 2.35. The van der Waals surface area contributed by atoms with Gasteiger partial charge in [0.25, 0.3) is 5.91 Å². The van der Waals surface area contributed by atoms with Crippen LogP contribution in [-0.2, 0) is 0 Å². The zero-order valence-electron chi connectivity index (χ0n) is 11.5. The van der Waals surface area contributed by atoms with Gasteiger partial charge in [-0.1, -0.05) is 5.16 Å². The van der Waals surface area contributed by atoms with E-state index in [4.69, 9.17) is 4.52 Å². The summed E-state index contributed by atoms with van der Waals surface area (Å²) < 4.78 is 4.93. The van der Waals surface area contributed by atoms with Crippen molar-refractivity contribution >= 4 is 5.91 Å². The molecule has 1 atom stereocenters. The summed E-state index contributed by atoms with van der Waals surface area (Å²) in [4.78, 5) is 20.9. The van der Waals surface area contributed by atoms with Gasteiger partial charge >= 0.3 is 0 Å². The number of carbonyl (C=O) groups is 1. The molecule has 0 aliphatic heterocycles. The molecule has 1 aliphatic rings. The first kappa shape index (κ1) is 12.8. The molecule has 0 aromatic carbocycles. The maximum absolute atomic E-state index is 12.2. The predicted octanol–water partition coefficient (Wildman–Crippen LogP) is 1.96. The molecule has 1 N–H and O–H groups in total. The van der Waals surface area contributed by atoms with Gasteiger partial charge in [0.2, 0.25) is 0 Å². The van der Waals surface area contributed by atoms with E-state index in [-0.39, 0.29) is 11.9 Å². The molecule has 104 valence electrons. The third-order valence-electron chi connectivity index (χ3n) is 3.33. The third-order valence-corrected chi connectivity index (χ3v) is 3.33. The Hall–Kier alpha value is -2.24. The second-order valence-electron chi connectivity index (χ2n) is 5.17. The van der Waals surface area contributed by atoms with Crippen molar-refractivity contribution in [1.29, 1.82) is 0 Å². The Labute approximate surface area is 116 Å². The van der Waals surface area contributed by atoms with E-state index in [2.05, 4.69) is 20.4 Å². The maximum Gasteiger partial charge on any atom is 0.274 e. The van der Waals surface area contributed by atoms with E-state index in [0.717, 1.165) is 18.5 Å². The highest BCUT2D eigenvalue weighted by Crippen LogP contribution is 2.40. The lowest BCUT2D eigenvalue weighted by Crippen LogP contribution is -2.31. The first-order chi connectivity index (χ1) is 9.63. The van der Waals surface area contributed by atoms with Gasteiger partial charge in [0.05, 0.1) is 6.04 Å². The number of rotatable bonds is 4. The molecule has 1 aliphatic carbocycles. The average Bonchev–Trinajstić information content (AvgIpc) is 3.17. The standard InChI is InChI=1S/C14H16N4O2/c1-8-5-6-15-13(16-8)12(10-3-4-10)17-14(19)11-7-9(2)20-18-11/h5-7,10,12H,3-4H2,1-2H3,(H,17,19)/t12-/m0/s1. The molecule has 0 bridgehead atoms. The van der Waals surface area contributed by atoms with Crippen LogP contribution in [0.1, 0.15) is 46.7 Å². The van der Waals surface area contributed by atoms with Crippen molar-refractivity contribution in [2.24, 2.45) is 5.92 Å². The van der Waals surface area contributed by atoms with E-state index in [0.29, 0.717) is 23.2 Å². The number of carbonyl (C=O) groups excluding carboxylic acids is 1. The summed E-state index contributed by atoms with van der Waals surface area (Å²) in [5.74, 6) is 1.45. The van der Waals surface area contributed by atoms with Crippen LogP contribution in [0.25, 0.3) is 0 Å². The van der Waals surface area contributed by atoms with Crippen LogP contribution in [-0.4, -0.2) is 21.0 Å². The molecule has 0 unspecified atom stereocenters. The minimum Gasteiger partial charge on any atom is -0.361 e. The molecule has 6 heteroatoms. The van der Waals surface area contributed by atoms with Gasteiger partial charge in [-0.3, -0.25) is 4.79 Å². The maximum atomic E-state index is 12.2. The second kappa shape index (κ2) is 5.03. The summed E-state index contributed by atoms with van der Waals surface area (Å²) in [7, 11) is 0. The van der Waals surface area contributed by atoms with Crippen LogP contribution in [0.5, 0.6) is 0 Å². The molecule has 0 saturated heterocycles. The van der Waals surface area contributed by atoms with Gasteiger partial charge in [-0.25, -0.2) is 9.97 Å². The molecule has 1 fully saturated rings. The van der Waals surface area contributed by atoms with Crippen molar-refractivity contribution < 1.29 is 9.32 Å². The van der Waals surface area contributed by atoms with Crippen LogP contribution in [0.4, 0.5) is 0 Å². The van der Waals surface area contributed by atoms with Gasteiger partial charge < -0.3 is 9.84 Å². The van der Waals surface area contributed by atoms with Crippen LogP contribution >= 0.6 is 0 Å². The Balaban J connectivity index is 1.80. The van der Waals surface area contributed by atoms with E-state index in [1.54, 1.807) is 19.2 Å².